The first kappa shape index (κ1) is 24.0. The molecule has 1 heterocycles. The highest BCUT2D eigenvalue weighted by Crippen LogP contribution is 2.33. The number of carbonyl (C=O) groups excluding carboxylic acids is 1. The normalized spacial score (nSPS) is 11.4. The molecular weight excluding hydrogens is 512 g/mol. The Bertz CT molecular complexity index is 1490. The van der Waals surface area contributed by atoms with Crippen LogP contribution in [0.5, 0.6) is 0 Å². The molecule has 176 valence electrons. The number of anilines is 1. The molecule has 0 aliphatic heterocycles. The maximum atomic E-state index is 12.5. The van der Waals surface area contributed by atoms with E-state index in [1.54, 1.807) is 60.7 Å². The number of benzene rings is 3. The zero-order valence-corrected chi connectivity index (χ0v) is 20.2. The molecule has 0 spiro atoms. The van der Waals surface area contributed by atoms with Gasteiger partial charge in [0.1, 0.15) is 5.69 Å². The standard InChI is InChI=1S/C27H21BrN2O5/c1-2-15-11-18(28)13-21-22(24(27(34)35)30-23(15)21)14-20(26(32)33)17-9-6-10-19(12-17)29-25(31)16-7-4-3-5-8-16/h3-14,30H,2H2,1H3,(H,29,31)(H,32,33)(H,34,35). The van der Waals surface area contributed by atoms with Gasteiger partial charge < -0.3 is 20.5 Å². The van der Waals surface area contributed by atoms with Gasteiger partial charge in [-0.25, -0.2) is 9.59 Å². The minimum Gasteiger partial charge on any atom is -0.478 e. The number of carbonyl (C=O) groups is 3. The maximum absolute atomic E-state index is 12.5. The first-order chi connectivity index (χ1) is 16.8. The quantitative estimate of drug-likeness (QED) is 0.215. The number of hydrogen-bond donors (Lipinski definition) is 4. The summed E-state index contributed by atoms with van der Waals surface area (Å²) in [5, 5.41) is 23.2. The van der Waals surface area contributed by atoms with Crippen molar-refractivity contribution in [2.45, 2.75) is 13.3 Å². The Morgan fingerprint density at radius 1 is 0.971 bits per heavy atom. The lowest BCUT2D eigenvalue weighted by Crippen LogP contribution is -2.12. The van der Waals surface area contributed by atoms with Gasteiger partial charge in [-0.1, -0.05) is 53.2 Å². The molecule has 0 saturated heterocycles. The van der Waals surface area contributed by atoms with Crippen LogP contribution in [0.4, 0.5) is 5.69 Å². The van der Waals surface area contributed by atoms with Gasteiger partial charge in [-0.3, -0.25) is 4.79 Å². The van der Waals surface area contributed by atoms with E-state index in [1.165, 1.54) is 6.08 Å². The zero-order valence-electron chi connectivity index (χ0n) is 18.6. The summed E-state index contributed by atoms with van der Waals surface area (Å²) in [4.78, 5) is 39.7. The highest BCUT2D eigenvalue weighted by molar-refractivity contribution is 9.10. The Labute approximate surface area is 209 Å². The number of carboxylic acid groups (broad SMARTS) is 2. The number of halogens is 1. The van der Waals surface area contributed by atoms with E-state index in [9.17, 15) is 24.6 Å². The number of aryl methyl sites for hydroxylation is 1. The molecule has 0 bridgehead atoms. The van der Waals surface area contributed by atoms with Crippen molar-refractivity contribution in [1.82, 2.24) is 4.98 Å². The molecule has 0 aliphatic rings. The van der Waals surface area contributed by atoms with Crippen LogP contribution in [0.2, 0.25) is 0 Å². The summed E-state index contributed by atoms with van der Waals surface area (Å²) in [5.41, 5.74) is 2.81. The fourth-order valence-corrected chi connectivity index (χ4v) is 4.42. The molecule has 0 fully saturated rings. The summed E-state index contributed by atoms with van der Waals surface area (Å²) < 4.78 is 0.759. The average Bonchev–Trinajstić information content (AvgIpc) is 3.20. The van der Waals surface area contributed by atoms with E-state index in [4.69, 9.17) is 0 Å². The lowest BCUT2D eigenvalue weighted by atomic mass is 9.99. The Morgan fingerprint density at radius 3 is 2.34 bits per heavy atom. The molecule has 4 N–H and O–H groups in total. The predicted octanol–water partition coefficient (Wildman–Crippen LogP) is 6.07. The lowest BCUT2D eigenvalue weighted by molar-refractivity contribution is -0.130. The lowest BCUT2D eigenvalue weighted by Gasteiger charge is -2.09. The maximum Gasteiger partial charge on any atom is 0.352 e. The number of H-pyrrole nitrogens is 1. The second-order valence-corrected chi connectivity index (χ2v) is 8.74. The Hall–Kier alpha value is -4.17. The smallest absolute Gasteiger partial charge is 0.352 e. The molecule has 1 amide bonds. The number of aromatic carboxylic acids is 1. The van der Waals surface area contributed by atoms with Crippen molar-refractivity contribution in [3.8, 4) is 0 Å². The van der Waals surface area contributed by atoms with Crippen LogP contribution in [-0.2, 0) is 11.2 Å². The first-order valence-electron chi connectivity index (χ1n) is 10.8. The number of hydrogen-bond acceptors (Lipinski definition) is 3. The van der Waals surface area contributed by atoms with Gasteiger partial charge in [-0.15, -0.1) is 0 Å². The average molecular weight is 533 g/mol. The van der Waals surface area contributed by atoms with Crippen LogP contribution in [0.15, 0.2) is 71.2 Å². The summed E-state index contributed by atoms with van der Waals surface area (Å²) in [6.07, 6.45) is 2.02. The number of aliphatic carboxylic acids is 1. The van der Waals surface area contributed by atoms with Crippen molar-refractivity contribution < 1.29 is 24.6 Å². The van der Waals surface area contributed by atoms with Gasteiger partial charge in [0.15, 0.2) is 0 Å². The van der Waals surface area contributed by atoms with Crippen LogP contribution in [0.1, 0.15) is 44.5 Å². The number of amides is 1. The largest absolute Gasteiger partial charge is 0.478 e. The third-order valence-electron chi connectivity index (χ3n) is 5.58. The van der Waals surface area contributed by atoms with E-state index in [1.807, 2.05) is 13.0 Å². The van der Waals surface area contributed by atoms with Crippen LogP contribution in [-0.4, -0.2) is 33.0 Å². The molecular formula is C27H21BrN2O5. The van der Waals surface area contributed by atoms with Crippen LogP contribution < -0.4 is 5.32 Å². The molecule has 35 heavy (non-hydrogen) atoms. The van der Waals surface area contributed by atoms with Crippen molar-refractivity contribution >= 4 is 62.0 Å². The van der Waals surface area contributed by atoms with E-state index >= 15 is 0 Å². The van der Waals surface area contributed by atoms with E-state index < -0.39 is 11.9 Å². The summed E-state index contributed by atoms with van der Waals surface area (Å²) in [5.74, 6) is -2.75. The molecule has 3 aromatic carbocycles. The van der Waals surface area contributed by atoms with Gasteiger partial charge in [0.05, 0.1) is 5.57 Å². The third kappa shape index (κ3) is 5.02. The molecule has 4 rings (SSSR count). The molecule has 0 atom stereocenters. The minimum atomic E-state index is -1.23. The second-order valence-electron chi connectivity index (χ2n) is 7.82. The van der Waals surface area contributed by atoms with E-state index in [2.05, 4.69) is 26.2 Å². The highest BCUT2D eigenvalue weighted by atomic mass is 79.9. The molecule has 8 heteroatoms. The summed E-state index contributed by atoms with van der Waals surface area (Å²) in [6.45, 7) is 1.95. The number of nitrogens with one attached hydrogen (secondary N) is 2. The monoisotopic (exact) mass is 532 g/mol. The van der Waals surface area contributed by atoms with Crippen LogP contribution in [0.25, 0.3) is 22.6 Å². The number of aromatic nitrogens is 1. The van der Waals surface area contributed by atoms with Crippen LogP contribution >= 0.6 is 15.9 Å². The van der Waals surface area contributed by atoms with Crippen molar-refractivity contribution in [3.63, 3.8) is 0 Å². The van der Waals surface area contributed by atoms with Gasteiger partial charge in [0, 0.05) is 32.2 Å². The molecule has 4 aromatic rings. The molecule has 0 unspecified atom stereocenters. The third-order valence-corrected chi connectivity index (χ3v) is 6.03. The Kier molecular flexibility index (Phi) is 6.84. The number of carboxylic acids is 2. The summed E-state index contributed by atoms with van der Waals surface area (Å²) in [6, 6.07) is 18.7. The molecule has 1 aromatic heterocycles. The van der Waals surface area contributed by atoms with Gasteiger partial charge in [0.2, 0.25) is 0 Å². The van der Waals surface area contributed by atoms with Gasteiger partial charge in [-0.2, -0.15) is 0 Å². The van der Waals surface area contributed by atoms with Crippen molar-refractivity contribution in [3.05, 3.63) is 99.2 Å². The zero-order chi connectivity index (χ0) is 25.1. The Balaban J connectivity index is 1.82. The number of aromatic amines is 1. The molecule has 0 saturated carbocycles. The van der Waals surface area contributed by atoms with E-state index in [0.29, 0.717) is 34.1 Å². The predicted molar refractivity (Wildman–Crippen MR) is 139 cm³/mol. The Morgan fingerprint density at radius 2 is 1.69 bits per heavy atom. The molecule has 7 nitrogen and oxygen atoms in total. The van der Waals surface area contributed by atoms with E-state index in [-0.39, 0.29) is 22.7 Å². The van der Waals surface area contributed by atoms with Crippen molar-refractivity contribution in [2.24, 2.45) is 0 Å². The van der Waals surface area contributed by atoms with Gasteiger partial charge in [-0.05, 0) is 60.0 Å². The fraction of sp³-hybridized carbons (Fsp3) is 0.0741. The molecule has 0 aliphatic carbocycles. The number of fused-ring (bicyclic) bond motifs is 1. The number of rotatable bonds is 7. The topological polar surface area (TPSA) is 119 Å². The highest BCUT2D eigenvalue weighted by Gasteiger charge is 2.21. The van der Waals surface area contributed by atoms with Crippen LogP contribution in [0.3, 0.4) is 0 Å². The first-order valence-corrected chi connectivity index (χ1v) is 11.6. The SMILES string of the molecule is CCc1cc(Br)cc2c(C=C(C(=O)O)c3cccc(NC(=O)c4ccccc4)c3)c(C(=O)O)[nH]c12. The van der Waals surface area contributed by atoms with E-state index in [0.717, 1.165) is 10.0 Å². The minimum absolute atomic E-state index is 0.0971. The molecule has 0 radical (unpaired) electrons. The summed E-state index contributed by atoms with van der Waals surface area (Å²) >= 11 is 3.46. The fourth-order valence-electron chi connectivity index (χ4n) is 3.92. The summed E-state index contributed by atoms with van der Waals surface area (Å²) in [7, 11) is 0. The van der Waals surface area contributed by atoms with Crippen LogP contribution in [0, 0.1) is 0 Å². The second kappa shape index (κ2) is 9.99. The van der Waals surface area contributed by atoms with Crippen molar-refractivity contribution in [1.29, 1.82) is 0 Å². The van der Waals surface area contributed by atoms with Gasteiger partial charge in [0.25, 0.3) is 5.91 Å². The van der Waals surface area contributed by atoms with Crippen molar-refractivity contribution in [2.75, 3.05) is 5.32 Å². The van der Waals surface area contributed by atoms with Gasteiger partial charge >= 0.3 is 11.9 Å².